The molecular weight excluding hydrogens is 234 g/mol. The molecule has 2 heterocycles. The number of aromatic nitrogens is 1. The van der Waals surface area contributed by atoms with Gasteiger partial charge >= 0.3 is 0 Å². The van der Waals surface area contributed by atoms with E-state index in [0.717, 1.165) is 19.4 Å². The lowest BCUT2D eigenvalue weighted by atomic mass is 10.1. The highest BCUT2D eigenvalue weighted by Crippen LogP contribution is 2.14. The Balaban J connectivity index is 1.91. The summed E-state index contributed by atoms with van der Waals surface area (Å²) < 4.78 is 4.89. The standard InChI is InChI=1S/C12H19N3O3/c1-8-6-11(14-18-8)13-12(17)9(2)15-5-3-4-10(16)7-15/h6,9-10,16H,3-5,7H2,1-2H3,(H,13,14,17). The van der Waals surface area contributed by atoms with Crippen LogP contribution in [0.25, 0.3) is 0 Å². The molecule has 100 valence electrons. The first-order valence-electron chi connectivity index (χ1n) is 6.22. The molecule has 1 aromatic rings. The number of carbonyl (C=O) groups is 1. The van der Waals surface area contributed by atoms with Crippen molar-refractivity contribution in [2.45, 2.75) is 38.8 Å². The molecule has 2 atom stereocenters. The van der Waals surface area contributed by atoms with Gasteiger partial charge in [0.2, 0.25) is 5.91 Å². The summed E-state index contributed by atoms with van der Waals surface area (Å²) in [5.41, 5.74) is 0. The minimum Gasteiger partial charge on any atom is -0.392 e. The van der Waals surface area contributed by atoms with Gasteiger partial charge in [-0.05, 0) is 33.2 Å². The summed E-state index contributed by atoms with van der Waals surface area (Å²) in [5.74, 6) is 0.964. The Morgan fingerprint density at radius 3 is 3.11 bits per heavy atom. The summed E-state index contributed by atoms with van der Waals surface area (Å²) in [6, 6.07) is 1.40. The molecule has 0 radical (unpaired) electrons. The molecule has 1 fully saturated rings. The van der Waals surface area contributed by atoms with E-state index >= 15 is 0 Å². The van der Waals surface area contributed by atoms with E-state index in [0.29, 0.717) is 18.1 Å². The molecule has 2 rings (SSSR count). The van der Waals surface area contributed by atoms with Crippen LogP contribution in [0.4, 0.5) is 5.82 Å². The Hall–Kier alpha value is -1.40. The van der Waals surface area contributed by atoms with E-state index in [9.17, 15) is 9.90 Å². The van der Waals surface area contributed by atoms with Crippen molar-refractivity contribution in [1.29, 1.82) is 0 Å². The summed E-state index contributed by atoms with van der Waals surface area (Å²) in [4.78, 5) is 14.0. The monoisotopic (exact) mass is 253 g/mol. The SMILES string of the molecule is Cc1cc(NC(=O)C(C)N2CCCC(O)C2)no1. The van der Waals surface area contributed by atoms with E-state index in [-0.39, 0.29) is 18.1 Å². The summed E-state index contributed by atoms with van der Waals surface area (Å²) in [6.45, 7) is 4.99. The quantitative estimate of drug-likeness (QED) is 0.831. The van der Waals surface area contributed by atoms with Crippen molar-refractivity contribution < 1.29 is 14.4 Å². The van der Waals surface area contributed by atoms with E-state index in [2.05, 4.69) is 10.5 Å². The Morgan fingerprint density at radius 1 is 1.72 bits per heavy atom. The first-order chi connectivity index (χ1) is 8.56. The maximum Gasteiger partial charge on any atom is 0.242 e. The fourth-order valence-electron chi connectivity index (χ4n) is 2.16. The van der Waals surface area contributed by atoms with Gasteiger partial charge in [-0.2, -0.15) is 0 Å². The minimum absolute atomic E-state index is 0.127. The number of amides is 1. The number of anilines is 1. The van der Waals surface area contributed by atoms with Crippen LogP contribution in [-0.4, -0.2) is 46.3 Å². The lowest BCUT2D eigenvalue weighted by molar-refractivity contribution is -0.121. The Bertz CT molecular complexity index is 418. The first kappa shape index (κ1) is 13.0. The number of hydrogen-bond donors (Lipinski definition) is 2. The van der Waals surface area contributed by atoms with Gasteiger partial charge in [0.15, 0.2) is 5.82 Å². The van der Waals surface area contributed by atoms with Gasteiger partial charge in [0.1, 0.15) is 5.76 Å². The van der Waals surface area contributed by atoms with Crippen molar-refractivity contribution in [1.82, 2.24) is 10.1 Å². The maximum atomic E-state index is 12.0. The number of β-amino-alcohol motifs (C(OH)–C–C–N with tert-alkyl or cyclic N) is 1. The van der Waals surface area contributed by atoms with Crippen molar-refractivity contribution >= 4 is 11.7 Å². The molecule has 1 aliphatic rings. The lowest BCUT2D eigenvalue weighted by Gasteiger charge is -2.33. The van der Waals surface area contributed by atoms with Crippen LogP contribution in [0, 0.1) is 6.92 Å². The molecule has 6 heteroatoms. The van der Waals surface area contributed by atoms with Gasteiger partial charge in [-0.25, -0.2) is 0 Å². The lowest BCUT2D eigenvalue weighted by Crippen LogP contribution is -2.48. The van der Waals surface area contributed by atoms with Crippen LogP contribution in [0.5, 0.6) is 0 Å². The molecule has 0 aromatic carbocycles. The molecule has 0 spiro atoms. The number of aliphatic hydroxyl groups excluding tert-OH is 1. The highest BCUT2D eigenvalue weighted by molar-refractivity contribution is 5.93. The van der Waals surface area contributed by atoms with Gasteiger partial charge in [0.05, 0.1) is 12.1 Å². The summed E-state index contributed by atoms with van der Waals surface area (Å²) in [7, 11) is 0. The topological polar surface area (TPSA) is 78.6 Å². The van der Waals surface area contributed by atoms with Crippen LogP contribution in [0.3, 0.4) is 0 Å². The number of rotatable bonds is 3. The summed E-state index contributed by atoms with van der Waals surface area (Å²) in [6.07, 6.45) is 1.40. The summed E-state index contributed by atoms with van der Waals surface area (Å²) in [5, 5.41) is 16.0. The molecule has 1 aliphatic heterocycles. The highest BCUT2D eigenvalue weighted by Gasteiger charge is 2.26. The van der Waals surface area contributed by atoms with Crippen LogP contribution in [0.1, 0.15) is 25.5 Å². The fourth-order valence-corrected chi connectivity index (χ4v) is 2.16. The second-order valence-corrected chi connectivity index (χ2v) is 4.78. The van der Waals surface area contributed by atoms with E-state index < -0.39 is 0 Å². The number of carbonyl (C=O) groups excluding carboxylic acids is 1. The molecule has 1 amide bonds. The molecule has 0 saturated carbocycles. The average molecular weight is 253 g/mol. The largest absolute Gasteiger partial charge is 0.392 e. The molecule has 18 heavy (non-hydrogen) atoms. The smallest absolute Gasteiger partial charge is 0.242 e. The zero-order valence-electron chi connectivity index (χ0n) is 10.7. The van der Waals surface area contributed by atoms with Crippen molar-refractivity contribution in [2.24, 2.45) is 0 Å². The highest BCUT2D eigenvalue weighted by atomic mass is 16.5. The van der Waals surface area contributed by atoms with Crippen LogP contribution in [-0.2, 0) is 4.79 Å². The number of piperidine rings is 1. The van der Waals surface area contributed by atoms with Gasteiger partial charge in [0.25, 0.3) is 0 Å². The number of nitrogens with one attached hydrogen (secondary N) is 1. The van der Waals surface area contributed by atoms with Crippen LogP contribution >= 0.6 is 0 Å². The van der Waals surface area contributed by atoms with Gasteiger partial charge in [-0.3, -0.25) is 9.69 Å². The van der Waals surface area contributed by atoms with E-state index in [4.69, 9.17) is 4.52 Å². The van der Waals surface area contributed by atoms with Crippen molar-refractivity contribution in [3.8, 4) is 0 Å². The van der Waals surface area contributed by atoms with E-state index in [1.54, 1.807) is 13.0 Å². The molecule has 2 unspecified atom stereocenters. The number of likely N-dealkylation sites (tertiary alicyclic amines) is 1. The van der Waals surface area contributed by atoms with Crippen LogP contribution < -0.4 is 5.32 Å². The van der Waals surface area contributed by atoms with Crippen LogP contribution in [0.15, 0.2) is 10.6 Å². The molecule has 0 aliphatic carbocycles. The van der Waals surface area contributed by atoms with Gasteiger partial charge in [-0.1, -0.05) is 5.16 Å². The zero-order valence-corrected chi connectivity index (χ0v) is 10.7. The predicted molar refractivity (Wildman–Crippen MR) is 66.1 cm³/mol. The first-order valence-corrected chi connectivity index (χ1v) is 6.22. The van der Waals surface area contributed by atoms with Gasteiger partial charge in [-0.15, -0.1) is 0 Å². The Morgan fingerprint density at radius 2 is 2.50 bits per heavy atom. The number of hydrogen-bond acceptors (Lipinski definition) is 5. The van der Waals surface area contributed by atoms with Crippen molar-refractivity contribution in [3.63, 3.8) is 0 Å². The number of aryl methyl sites for hydroxylation is 1. The zero-order chi connectivity index (χ0) is 13.1. The Kier molecular flexibility index (Phi) is 3.98. The molecule has 1 saturated heterocycles. The fraction of sp³-hybridized carbons (Fsp3) is 0.667. The molecule has 6 nitrogen and oxygen atoms in total. The van der Waals surface area contributed by atoms with Gasteiger partial charge < -0.3 is 14.9 Å². The normalized spacial score (nSPS) is 22.7. The maximum absolute atomic E-state index is 12.0. The second-order valence-electron chi connectivity index (χ2n) is 4.78. The third-order valence-electron chi connectivity index (χ3n) is 3.23. The van der Waals surface area contributed by atoms with E-state index in [1.807, 2.05) is 11.8 Å². The van der Waals surface area contributed by atoms with Gasteiger partial charge in [0, 0.05) is 12.6 Å². The Labute approximate surface area is 106 Å². The number of aliphatic hydroxyl groups is 1. The second kappa shape index (κ2) is 5.49. The molecule has 0 bridgehead atoms. The third-order valence-corrected chi connectivity index (χ3v) is 3.23. The summed E-state index contributed by atoms with van der Waals surface area (Å²) >= 11 is 0. The van der Waals surface area contributed by atoms with Crippen LogP contribution in [0.2, 0.25) is 0 Å². The molecule has 1 aromatic heterocycles. The number of nitrogens with zero attached hydrogens (tertiary/aromatic N) is 2. The minimum atomic E-state index is -0.330. The third kappa shape index (κ3) is 3.08. The van der Waals surface area contributed by atoms with Crippen molar-refractivity contribution in [3.05, 3.63) is 11.8 Å². The average Bonchev–Trinajstić information content (AvgIpc) is 2.73. The molecule has 2 N–H and O–H groups in total. The predicted octanol–water partition coefficient (Wildman–Crippen LogP) is 0.767. The van der Waals surface area contributed by atoms with E-state index in [1.165, 1.54) is 0 Å². The van der Waals surface area contributed by atoms with Crippen molar-refractivity contribution in [2.75, 3.05) is 18.4 Å². The molecular formula is C12H19N3O3.